The van der Waals surface area contributed by atoms with Gasteiger partial charge in [0.05, 0.1) is 26.4 Å². The molecule has 5 aliphatic rings. The minimum Gasteiger partial charge on any atom is -0.461 e. The number of nitriles is 1. The summed E-state index contributed by atoms with van der Waals surface area (Å²) < 4.78 is 53.0. The molecule has 13 nitrogen and oxygen atoms in total. The number of carbonyl (C=O) groups is 3. The normalized spacial score (nSPS) is 25.3. The number of likely N-dealkylation sites (tertiary alicyclic amines) is 1. The molecule has 0 bridgehead atoms. The Balaban J connectivity index is 1.12. The predicted octanol–water partition coefficient (Wildman–Crippen LogP) is 5.71. The van der Waals surface area contributed by atoms with Crippen LogP contribution in [-0.4, -0.2) is 99.3 Å². The van der Waals surface area contributed by atoms with Crippen LogP contribution in [0.25, 0.3) is 32.1 Å². The van der Waals surface area contributed by atoms with E-state index in [1.54, 1.807) is 0 Å². The van der Waals surface area contributed by atoms with E-state index in [2.05, 4.69) is 9.88 Å². The zero-order chi connectivity index (χ0) is 37.7. The van der Waals surface area contributed by atoms with Gasteiger partial charge in [-0.2, -0.15) is 15.2 Å². The second-order valence-corrected chi connectivity index (χ2v) is 16.1. The maximum Gasteiger partial charge on any atom is 0.435 e. The Labute approximate surface area is 314 Å². The summed E-state index contributed by atoms with van der Waals surface area (Å²) >= 11 is 7.75. The number of halogens is 4. The van der Waals surface area contributed by atoms with Gasteiger partial charge in [-0.25, -0.2) is 18.0 Å². The van der Waals surface area contributed by atoms with Crippen LogP contribution >= 0.6 is 22.9 Å². The minimum absolute atomic E-state index is 0.0000234. The Morgan fingerprint density at radius 3 is 2.65 bits per heavy atom. The quantitative estimate of drug-likeness (QED) is 0.239. The first-order valence-corrected chi connectivity index (χ1v) is 18.8. The van der Waals surface area contributed by atoms with Crippen molar-refractivity contribution in [3.8, 4) is 23.2 Å². The second kappa shape index (κ2) is 12.6. The number of ether oxygens (including phenoxy) is 1. The van der Waals surface area contributed by atoms with E-state index in [-0.39, 0.29) is 85.5 Å². The molecule has 5 aliphatic heterocycles. The lowest BCUT2D eigenvalue weighted by molar-refractivity contribution is -0.177. The molecule has 0 radical (unpaired) electrons. The van der Waals surface area contributed by atoms with Crippen LogP contribution < -0.4 is 15.4 Å². The standard InChI is InChI=1S/C36H32ClF3N8O5S/c37-22-12-20-29(28(40)27(22)19-2-3-23(39)30-26(19)21(14-41)31(42)54-30)43-33(52-17-36-6-1-9-46(36)15-18(38)13-36)44-32(20)45-10-7-35(16-45)8-11-47(35)34(51)53-48-24(49)4-5-25(48)50/h2-3,12,18H,1,4-11,13,15-17,42H2/t18-,35?,36+/m1/s1. The number of alkyl halides is 1. The molecule has 2 aromatic heterocycles. The van der Waals surface area contributed by atoms with E-state index in [0.717, 1.165) is 36.8 Å². The van der Waals surface area contributed by atoms with E-state index in [1.807, 2.05) is 11.0 Å². The highest BCUT2D eigenvalue weighted by molar-refractivity contribution is 7.23. The number of hydroxylamine groups is 2. The van der Waals surface area contributed by atoms with Gasteiger partial charge >= 0.3 is 12.1 Å². The van der Waals surface area contributed by atoms with E-state index in [9.17, 15) is 28.4 Å². The molecular formula is C36H32ClF3N8O5S. The number of benzene rings is 2. The number of nitrogens with two attached hydrogens (primary N) is 1. The van der Waals surface area contributed by atoms with Gasteiger partial charge in [-0.15, -0.1) is 16.4 Å². The number of thiophene rings is 1. The van der Waals surface area contributed by atoms with Crippen molar-refractivity contribution in [3.05, 3.63) is 40.4 Å². The summed E-state index contributed by atoms with van der Waals surface area (Å²) in [6.07, 6.45) is 1.09. The Bertz CT molecular complexity index is 2340. The van der Waals surface area contributed by atoms with Crippen molar-refractivity contribution >= 4 is 72.7 Å². The smallest absolute Gasteiger partial charge is 0.435 e. The fraction of sp³-hybridized carbons (Fsp3) is 0.444. The molecule has 1 unspecified atom stereocenters. The fourth-order valence-corrected chi connectivity index (χ4v) is 10.2. The molecule has 2 aromatic carbocycles. The Morgan fingerprint density at radius 2 is 1.91 bits per heavy atom. The summed E-state index contributed by atoms with van der Waals surface area (Å²) in [7, 11) is 0. The third kappa shape index (κ3) is 5.24. The fourth-order valence-electron chi connectivity index (χ4n) is 8.94. The van der Waals surface area contributed by atoms with Gasteiger partial charge in [-0.3, -0.25) is 19.4 Å². The summed E-state index contributed by atoms with van der Waals surface area (Å²) in [5.41, 5.74) is 4.69. The number of aromatic nitrogens is 2. The maximum absolute atomic E-state index is 17.2. The average molecular weight is 781 g/mol. The molecule has 3 atom stereocenters. The van der Waals surface area contributed by atoms with E-state index in [0.29, 0.717) is 44.0 Å². The molecule has 5 fully saturated rings. The van der Waals surface area contributed by atoms with Gasteiger partial charge in [-0.1, -0.05) is 17.7 Å². The molecular weight excluding hydrogens is 749 g/mol. The highest BCUT2D eigenvalue weighted by atomic mass is 35.5. The number of fused-ring (bicyclic) bond motifs is 3. The summed E-state index contributed by atoms with van der Waals surface area (Å²) in [6.45, 7) is 2.08. The van der Waals surface area contributed by atoms with E-state index in [1.165, 1.54) is 17.0 Å². The summed E-state index contributed by atoms with van der Waals surface area (Å²) in [5, 5.41) is 10.8. The number of imide groups is 1. The lowest BCUT2D eigenvalue weighted by Gasteiger charge is -2.49. The first kappa shape index (κ1) is 34.8. The molecule has 1 spiro atoms. The molecule has 4 aromatic rings. The summed E-state index contributed by atoms with van der Waals surface area (Å²) in [5.74, 6) is -2.37. The molecule has 0 aliphatic carbocycles. The van der Waals surface area contributed by atoms with Crippen molar-refractivity contribution in [1.82, 2.24) is 24.8 Å². The van der Waals surface area contributed by atoms with E-state index < -0.39 is 46.8 Å². The Morgan fingerprint density at radius 1 is 1.13 bits per heavy atom. The third-order valence-electron chi connectivity index (χ3n) is 11.7. The molecule has 7 heterocycles. The number of anilines is 2. The first-order valence-electron chi connectivity index (χ1n) is 17.6. The van der Waals surface area contributed by atoms with Gasteiger partial charge < -0.3 is 20.2 Å². The van der Waals surface area contributed by atoms with Crippen molar-refractivity contribution in [2.24, 2.45) is 0 Å². The lowest BCUT2D eigenvalue weighted by Crippen LogP contribution is -2.64. The van der Waals surface area contributed by atoms with Crippen LogP contribution in [0.3, 0.4) is 0 Å². The van der Waals surface area contributed by atoms with Gasteiger partial charge in [0.2, 0.25) is 0 Å². The number of hydrogen-bond acceptors (Lipinski definition) is 12. The predicted molar refractivity (Wildman–Crippen MR) is 191 cm³/mol. The maximum atomic E-state index is 17.2. The van der Waals surface area contributed by atoms with E-state index in [4.69, 9.17) is 31.9 Å². The van der Waals surface area contributed by atoms with Crippen molar-refractivity contribution in [1.29, 1.82) is 5.26 Å². The largest absolute Gasteiger partial charge is 0.461 e. The van der Waals surface area contributed by atoms with Gasteiger partial charge in [0, 0.05) is 61.8 Å². The molecule has 0 saturated carbocycles. The van der Waals surface area contributed by atoms with Crippen molar-refractivity contribution < 1.29 is 37.1 Å². The number of nitrogens with zero attached hydrogens (tertiary/aromatic N) is 7. The number of hydrogen-bond donors (Lipinski definition) is 1. The number of rotatable bonds is 6. The van der Waals surface area contributed by atoms with Crippen LogP contribution in [0.15, 0.2) is 18.2 Å². The molecule has 2 N–H and O–H groups in total. The molecule has 54 heavy (non-hydrogen) atoms. The van der Waals surface area contributed by atoms with Gasteiger partial charge in [-0.05, 0) is 49.9 Å². The van der Waals surface area contributed by atoms with Gasteiger partial charge in [0.1, 0.15) is 41.0 Å². The van der Waals surface area contributed by atoms with Crippen LogP contribution in [-0.2, 0) is 14.4 Å². The summed E-state index contributed by atoms with van der Waals surface area (Å²) in [6, 6.07) is 5.88. The monoisotopic (exact) mass is 780 g/mol. The number of nitrogen functional groups attached to an aromatic ring is 1. The van der Waals surface area contributed by atoms with Crippen LogP contribution in [0.4, 0.5) is 28.8 Å². The second-order valence-electron chi connectivity index (χ2n) is 14.6. The van der Waals surface area contributed by atoms with Gasteiger partial charge in [0.15, 0.2) is 5.82 Å². The topological polar surface area (TPSA) is 158 Å². The number of amides is 3. The van der Waals surface area contributed by atoms with Crippen LogP contribution in [0.1, 0.15) is 50.5 Å². The molecule has 280 valence electrons. The van der Waals surface area contributed by atoms with Crippen LogP contribution in [0, 0.1) is 23.0 Å². The van der Waals surface area contributed by atoms with Crippen molar-refractivity contribution in [2.45, 2.75) is 62.2 Å². The average Bonchev–Trinajstić information content (AvgIpc) is 3.94. The first-order chi connectivity index (χ1) is 25.9. The highest BCUT2D eigenvalue weighted by Gasteiger charge is 2.54. The van der Waals surface area contributed by atoms with E-state index >= 15 is 4.39 Å². The zero-order valence-corrected chi connectivity index (χ0v) is 30.2. The van der Waals surface area contributed by atoms with Crippen molar-refractivity contribution in [3.63, 3.8) is 0 Å². The molecule has 3 amide bonds. The SMILES string of the molecule is N#Cc1c(N)sc2c(F)ccc(-c3c(Cl)cc4c(N5CCC6(CCN6C(=O)ON6C(=O)CCC6=O)C5)nc(OC[C@@]56CCCN5C[C@H](F)C6)nc4c3F)c12. The zero-order valence-electron chi connectivity index (χ0n) is 28.7. The van der Waals surface area contributed by atoms with Gasteiger partial charge in [0.25, 0.3) is 11.8 Å². The van der Waals surface area contributed by atoms with Crippen molar-refractivity contribution in [2.75, 3.05) is 50.0 Å². The molecule has 9 rings (SSSR count). The Hall–Kier alpha value is -4.92. The molecule has 18 heteroatoms. The molecule has 5 saturated heterocycles. The lowest BCUT2D eigenvalue weighted by atomic mass is 9.84. The Kier molecular flexibility index (Phi) is 8.11. The summed E-state index contributed by atoms with van der Waals surface area (Å²) in [4.78, 5) is 57.5. The minimum atomic E-state index is -0.999. The van der Waals surface area contributed by atoms with Crippen LogP contribution in [0.2, 0.25) is 5.02 Å². The third-order valence-corrected chi connectivity index (χ3v) is 13.0. The number of carbonyl (C=O) groups excluding carboxylic acids is 3. The van der Waals surface area contributed by atoms with Crippen LogP contribution in [0.5, 0.6) is 6.01 Å². The highest BCUT2D eigenvalue weighted by Crippen LogP contribution is 2.48.